The maximum Gasteiger partial charge on any atom is 0.338 e. The largest absolute Gasteiger partial charge is 0.487 e. The topological polar surface area (TPSA) is 61.3 Å². The highest BCUT2D eigenvalue weighted by molar-refractivity contribution is 7.09. The first-order chi connectivity index (χ1) is 13.7. The van der Waals surface area contributed by atoms with Gasteiger partial charge in [0.05, 0.1) is 21.8 Å². The van der Waals surface area contributed by atoms with Crippen LogP contribution in [0.3, 0.4) is 0 Å². The fourth-order valence-corrected chi connectivity index (χ4v) is 3.45. The molecule has 0 aliphatic carbocycles. The van der Waals surface area contributed by atoms with E-state index in [9.17, 15) is 4.79 Å². The van der Waals surface area contributed by atoms with Crippen molar-refractivity contribution in [2.45, 2.75) is 20.1 Å². The van der Waals surface area contributed by atoms with Crippen molar-refractivity contribution in [3.05, 3.63) is 88.0 Å². The number of ether oxygens (including phenoxy) is 2. The van der Waals surface area contributed by atoms with E-state index >= 15 is 0 Å². The van der Waals surface area contributed by atoms with Crippen molar-refractivity contribution in [1.82, 2.24) is 9.97 Å². The number of hydrogen-bond donors (Lipinski definition) is 0. The second kappa shape index (κ2) is 8.19. The molecule has 0 saturated carbocycles. The van der Waals surface area contributed by atoms with Gasteiger partial charge in [0.2, 0.25) is 0 Å². The maximum atomic E-state index is 12.5. The second-order valence-electron chi connectivity index (χ2n) is 6.24. The van der Waals surface area contributed by atoms with Crippen LogP contribution in [0.25, 0.3) is 10.9 Å². The Bertz CT molecular complexity index is 1120. The van der Waals surface area contributed by atoms with Crippen LogP contribution < -0.4 is 4.74 Å². The molecule has 0 N–H and O–H groups in total. The summed E-state index contributed by atoms with van der Waals surface area (Å²) in [5.41, 5.74) is 3.03. The molecule has 0 radical (unpaired) electrons. The van der Waals surface area contributed by atoms with Crippen LogP contribution in [0.2, 0.25) is 0 Å². The van der Waals surface area contributed by atoms with E-state index in [0.717, 1.165) is 27.2 Å². The number of nitrogens with zero attached hydrogens (tertiary/aromatic N) is 2. The quantitative estimate of drug-likeness (QED) is 0.437. The standard InChI is InChI=1S/C22H18N2O3S/c1-15-24-19(14-28-15)13-26-20-9-3-6-17(11-20)22(25)27-12-18-7-2-5-16-8-4-10-23-21(16)18/h2-11,14H,12-13H2,1H3. The minimum atomic E-state index is -0.400. The van der Waals surface area contributed by atoms with Gasteiger partial charge in [-0.25, -0.2) is 9.78 Å². The molecule has 0 atom stereocenters. The lowest BCUT2D eigenvalue weighted by atomic mass is 10.1. The van der Waals surface area contributed by atoms with Crippen LogP contribution in [0.5, 0.6) is 5.75 Å². The number of para-hydroxylation sites is 1. The Balaban J connectivity index is 1.42. The van der Waals surface area contributed by atoms with Gasteiger partial charge in [0.15, 0.2) is 0 Å². The number of rotatable bonds is 6. The molecule has 2 aromatic heterocycles. The summed E-state index contributed by atoms with van der Waals surface area (Å²) >= 11 is 1.58. The molecular formula is C22H18N2O3S. The maximum absolute atomic E-state index is 12.5. The molecule has 0 spiro atoms. The third-order valence-electron chi connectivity index (χ3n) is 4.20. The van der Waals surface area contributed by atoms with E-state index in [-0.39, 0.29) is 6.61 Å². The SMILES string of the molecule is Cc1nc(COc2cccc(C(=O)OCc3cccc4cccnc34)c2)cs1. The third-order valence-corrected chi connectivity index (χ3v) is 5.02. The van der Waals surface area contributed by atoms with E-state index < -0.39 is 5.97 Å². The molecule has 0 bridgehead atoms. The van der Waals surface area contributed by atoms with Gasteiger partial charge >= 0.3 is 5.97 Å². The van der Waals surface area contributed by atoms with Crippen LogP contribution >= 0.6 is 11.3 Å². The average molecular weight is 390 g/mol. The number of esters is 1. The summed E-state index contributed by atoms with van der Waals surface area (Å²) in [6, 6.07) is 16.7. The van der Waals surface area contributed by atoms with Gasteiger partial charge in [0.1, 0.15) is 19.0 Å². The van der Waals surface area contributed by atoms with Gasteiger partial charge in [-0.1, -0.05) is 30.3 Å². The predicted molar refractivity (Wildman–Crippen MR) is 108 cm³/mol. The zero-order valence-corrected chi connectivity index (χ0v) is 16.1. The van der Waals surface area contributed by atoms with Crippen LogP contribution in [0.1, 0.15) is 26.6 Å². The second-order valence-corrected chi connectivity index (χ2v) is 7.30. The number of carbonyl (C=O) groups excluding carboxylic acids is 1. The number of thiazole rings is 1. The van der Waals surface area contributed by atoms with Crippen LogP contribution in [-0.4, -0.2) is 15.9 Å². The number of aryl methyl sites for hydroxylation is 1. The summed E-state index contributed by atoms with van der Waals surface area (Å²) in [6.07, 6.45) is 1.73. The van der Waals surface area contributed by atoms with Gasteiger partial charge in [0, 0.05) is 22.5 Å². The average Bonchev–Trinajstić information content (AvgIpc) is 3.16. The first-order valence-corrected chi connectivity index (χ1v) is 9.70. The van der Waals surface area contributed by atoms with Crippen LogP contribution in [0.15, 0.2) is 66.2 Å². The summed E-state index contributed by atoms with van der Waals surface area (Å²) in [4.78, 5) is 21.2. The molecule has 0 saturated heterocycles. The molecule has 0 amide bonds. The number of carbonyl (C=O) groups is 1. The molecule has 0 unspecified atom stereocenters. The summed E-state index contributed by atoms with van der Waals surface area (Å²) in [6.45, 7) is 2.48. The highest BCUT2D eigenvalue weighted by Gasteiger charge is 2.11. The van der Waals surface area contributed by atoms with E-state index in [1.807, 2.05) is 48.7 Å². The van der Waals surface area contributed by atoms with Crippen LogP contribution in [0.4, 0.5) is 0 Å². The Hall–Kier alpha value is -3.25. The minimum absolute atomic E-state index is 0.163. The number of fused-ring (bicyclic) bond motifs is 1. The fourth-order valence-electron chi connectivity index (χ4n) is 2.86. The predicted octanol–water partition coefficient (Wildman–Crippen LogP) is 4.94. The lowest BCUT2D eigenvalue weighted by molar-refractivity contribution is 0.0473. The molecule has 5 nitrogen and oxygen atoms in total. The van der Waals surface area contributed by atoms with Crippen LogP contribution in [0, 0.1) is 6.92 Å². The van der Waals surface area contributed by atoms with E-state index in [1.54, 1.807) is 35.7 Å². The number of benzene rings is 2. The molecule has 4 aromatic rings. The van der Waals surface area contributed by atoms with E-state index in [1.165, 1.54) is 0 Å². The lowest BCUT2D eigenvalue weighted by Gasteiger charge is -2.09. The van der Waals surface area contributed by atoms with Gasteiger partial charge in [-0.2, -0.15) is 0 Å². The van der Waals surface area contributed by atoms with Crippen molar-refractivity contribution in [3.8, 4) is 5.75 Å². The van der Waals surface area contributed by atoms with Crippen molar-refractivity contribution in [2.75, 3.05) is 0 Å². The van der Waals surface area contributed by atoms with E-state index in [2.05, 4.69) is 9.97 Å². The van der Waals surface area contributed by atoms with Crippen molar-refractivity contribution in [3.63, 3.8) is 0 Å². The molecular weight excluding hydrogens is 372 g/mol. The Labute approximate surface area is 166 Å². The van der Waals surface area contributed by atoms with E-state index in [4.69, 9.17) is 9.47 Å². The minimum Gasteiger partial charge on any atom is -0.487 e. The van der Waals surface area contributed by atoms with Gasteiger partial charge in [-0.3, -0.25) is 4.98 Å². The van der Waals surface area contributed by atoms with Crippen LogP contribution in [-0.2, 0) is 18.0 Å². The molecule has 140 valence electrons. The zero-order chi connectivity index (χ0) is 19.3. The molecule has 4 rings (SSSR count). The number of pyridine rings is 1. The highest BCUT2D eigenvalue weighted by Crippen LogP contribution is 2.19. The lowest BCUT2D eigenvalue weighted by Crippen LogP contribution is -2.06. The van der Waals surface area contributed by atoms with Gasteiger partial charge in [-0.15, -0.1) is 11.3 Å². The normalized spacial score (nSPS) is 10.8. The summed E-state index contributed by atoms with van der Waals surface area (Å²) < 4.78 is 11.2. The third kappa shape index (κ3) is 4.18. The van der Waals surface area contributed by atoms with Gasteiger partial charge in [-0.05, 0) is 31.2 Å². The summed E-state index contributed by atoms with van der Waals surface area (Å²) in [7, 11) is 0. The first-order valence-electron chi connectivity index (χ1n) is 8.83. The Morgan fingerprint density at radius 1 is 1.07 bits per heavy atom. The van der Waals surface area contributed by atoms with Crippen molar-refractivity contribution < 1.29 is 14.3 Å². The fraction of sp³-hybridized carbons (Fsp3) is 0.136. The highest BCUT2D eigenvalue weighted by atomic mass is 32.1. The Kier molecular flexibility index (Phi) is 5.30. The molecule has 0 fully saturated rings. The van der Waals surface area contributed by atoms with Crippen molar-refractivity contribution >= 4 is 28.2 Å². The summed E-state index contributed by atoms with van der Waals surface area (Å²) in [5.74, 6) is 0.204. The molecule has 6 heteroatoms. The Morgan fingerprint density at radius 2 is 1.93 bits per heavy atom. The van der Waals surface area contributed by atoms with Crippen molar-refractivity contribution in [1.29, 1.82) is 0 Å². The molecule has 0 aliphatic rings. The Morgan fingerprint density at radius 3 is 2.79 bits per heavy atom. The molecule has 28 heavy (non-hydrogen) atoms. The smallest absolute Gasteiger partial charge is 0.338 e. The molecule has 2 aromatic carbocycles. The molecule has 0 aliphatic heterocycles. The van der Waals surface area contributed by atoms with Gasteiger partial charge in [0.25, 0.3) is 0 Å². The first kappa shape index (κ1) is 18.1. The number of hydrogen-bond acceptors (Lipinski definition) is 6. The monoisotopic (exact) mass is 390 g/mol. The van der Waals surface area contributed by atoms with Gasteiger partial charge < -0.3 is 9.47 Å². The molecule has 2 heterocycles. The summed E-state index contributed by atoms with van der Waals surface area (Å²) in [5, 5.41) is 3.98. The number of aromatic nitrogens is 2. The van der Waals surface area contributed by atoms with E-state index in [0.29, 0.717) is 17.9 Å². The zero-order valence-electron chi connectivity index (χ0n) is 15.3. The van der Waals surface area contributed by atoms with Crippen molar-refractivity contribution in [2.24, 2.45) is 0 Å².